The number of nitrogens with zero attached hydrogens (tertiary/aromatic N) is 1. The molecule has 0 saturated heterocycles. The van der Waals surface area contributed by atoms with Gasteiger partial charge in [-0.25, -0.2) is 4.98 Å². The van der Waals surface area contributed by atoms with E-state index in [9.17, 15) is 4.79 Å². The number of aromatic nitrogens is 1. The predicted octanol–water partition coefficient (Wildman–Crippen LogP) is 2.05. The van der Waals surface area contributed by atoms with Crippen molar-refractivity contribution in [3.8, 4) is 0 Å². The molecule has 1 unspecified atom stereocenters. The molecule has 0 aliphatic carbocycles. The van der Waals surface area contributed by atoms with Gasteiger partial charge in [0, 0.05) is 12.7 Å². The van der Waals surface area contributed by atoms with Crippen molar-refractivity contribution in [2.24, 2.45) is 11.1 Å². The van der Waals surface area contributed by atoms with E-state index in [4.69, 9.17) is 17.3 Å². The van der Waals surface area contributed by atoms with Crippen LogP contribution in [-0.4, -0.2) is 17.4 Å². The smallest absolute Gasteiger partial charge is 0.232 e. The molecule has 16 heavy (non-hydrogen) atoms. The van der Waals surface area contributed by atoms with E-state index in [2.05, 4.69) is 10.3 Å². The van der Waals surface area contributed by atoms with Gasteiger partial charge in [-0.3, -0.25) is 4.79 Å². The van der Waals surface area contributed by atoms with E-state index in [-0.39, 0.29) is 5.91 Å². The Balaban J connectivity index is 2.83. The first kappa shape index (κ1) is 12.9. The number of halogens is 1. The van der Waals surface area contributed by atoms with Gasteiger partial charge in [-0.15, -0.1) is 0 Å². The van der Waals surface area contributed by atoms with Crippen LogP contribution in [0.2, 0.25) is 5.02 Å². The van der Waals surface area contributed by atoms with Gasteiger partial charge in [0.15, 0.2) is 5.82 Å². The van der Waals surface area contributed by atoms with Crippen LogP contribution in [0.3, 0.4) is 0 Å². The molecule has 0 saturated carbocycles. The standard InChI is InChI=1S/C11H16ClN3O/c1-3-11(2,7-13)10(16)15-9-8(12)5-4-6-14-9/h4-6H,3,7,13H2,1-2H3,(H,14,15,16). The summed E-state index contributed by atoms with van der Waals surface area (Å²) in [5, 5.41) is 3.11. The number of amides is 1. The quantitative estimate of drug-likeness (QED) is 0.848. The predicted molar refractivity (Wildman–Crippen MR) is 65.3 cm³/mol. The molecule has 88 valence electrons. The number of nitrogens with two attached hydrogens (primary N) is 1. The van der Waals surface area contributed by atoms with Crippen LogP contribution >= 0.6 is 11.6 Å². The maximum Gasteiger partial charge on any atom is 0.232 e. The summed E-state index contributed by atoms with van der Waals surface area (Å²) in [6, 6.07) is 3.38. The normalized spacial score (nSPS) is 14.2. The average Bonchev–Trinajstić information content (AvgIpc) is 2.31. The van der Waals surface area contributed by atoms with Crippen LogP contribution in [0.4, 0.5) is 5.82 Å². The third-order valence-electron chi connectivity index (χ3n) is 2.77. The number of rotatable bonds is 4. The fourth-order valence-electron chi connectivity index (χ4n) is 1.13. The maximum atomic E-state index is 12.0. The van der Waals surface area contributed by atoms with Gasteiger partial charge in [0.05, 0.1) is 10.4 Å². The number of nitrogens with one attached hydrogen (secondary N) is 1. The number of hydrogen-bond acceptors (Lipinski definition) is 3. The lowest BCUT2D eigenvalue weighted by atomic mass is 9.87. The molecule has 1 aromatic heterocycles. The van der Waals surface area contributed by atoms with Crippen molar-refractivity contribution < 1.29 is 4.79 Å². The van der Waals surface area contributed by atoms with Crippen LogP contribution in [0.25, 0.3) is 0 Å². The number of pyridine rings is 1. The number of carbonyl (C=O) groups is 1. The molecule has 0 spiro atoms. The van der Waals surface area contributed by atoms with E-state index in [0.717, 1.165) is 0 Å². The molecule has 5 heteroatoms. The molecule has 0 aliphatic heterocycles. The second kappa shape index (κ2) is 5.27. The Morgan fingerprint density at radius 2 is 2.38 bits per heavy atom. The minimum atomic E-state index is -0.582. The molecule has 0 aromatic carbocycles. The molecular weight excluding hydrogens is 226 g/mol. The molecule has 0 aliphatic rings. The zero-order valence-electron chi connectivity index (χ0n) is 9.46. The molecule has 1 amide bonds. The maximum absolute atomic E-state index is 12.0. The van der Waals surface area contributed by atoms with Crippen LogP contribution in [-0.2, 0) is 4.79 Å². The number of anilines is 1. The monoisotopic (exact) mass is 241 g/mol. The molecule has 4 nitrogen and oxygen atoms in total. The molecule has 1 rings (SSSR count). The molecule has 1 atom stereocenters. The van der Waals surface area contributed by atoms with Crippen LogP contribution in [0.15, 0.2) is 18.3 Å². The van der Waals surface area contributed by atoms with Gasteiger partial charge >= 0.3 is 0 Å². The second-order valence-electron chi connectivity index (χ2n) is 3.91. The van der Waals surface area contributed by atoms with Gasteiger partial charge in [-0.05, 0) is 25.5 Å². The summed E-state index contributed by atoms with van der Waals surface area (Å²) in [6.07, 6.45) is 2.24. The first-order chi connectivity index (χ1) is 7.53. The lowest BCUT2D eigenvalue weighted by Crippen LogP contribution is -2.39. The minimum Gasteiger partial charge on any atom is -0.329 e. The summed E-state index contributed by atoms with van der Waals surface area (Å²) < 4.78 is 0. The number of hydrogen-bond donors (Lipinski definition) is 2. The molecule has 3 N–H and O–H groups in total. The Hall–Kier alpha value is -1.13. The van der Waals surface area contributed by atoms with E-state index in [1.807, 2.05) is 13.8 Å². The third kappa shape index (κ3) is 2.71. The van der Waals surface area contributed by atoms with Gasteiger partial charge < -0.3 is 11.1 Å². The van der Waals surface area contributed by atoms with Crippen molar-refractivity contribution in [2.45, 2.75) is 20.3 Å². The van der Waals surface area contributed by atoms with Gasteiger partial charge in [-0.1, -0.05) is 18.5 Å². The summed E-state index contributed by atoms with van der Waals surface area (Å²) in [7, 11) is 0. The summed E-state index contributed by atoms with van der Waals surface area (Å²) in [5.74, 6) is 0.223. The van der Waals surface area contributed by atoms with E-state index in [1.54, 1.807) is 18.3 Å². The second-order valence-corrected chi connectivity index (χ2v) is 4.31. The Kier molecular flexibility index (Phi) is 4.26. The van der Waals surface area contributed by atoms with Crippen molar-refractivity contribution in [1.82, 2.24) is 4.98 Å². The van der Waals surface area contributed by atoms with E-state index < -0.39 is 5.41 Å². The Morgan fingerprint density at radius 3 is 2.88 bits per heavy atom. The molecule has 0 fully saturated rings. The van der Waals surface area contributed by atoms with Crippen molar-refractivity contribution >= 4 is 23.3 Å². The van der Waals surface area contributed by atoms with Gasteiger partial charge in [0.1, 0.15) is 0 Å². The van der Waals surface area contributed by atoms with Crippen molar-refractivity contribution in [3.63, 3.8) is 0 Å². The Morgan fingerprint density at radius 1 is 1.69 bits per heavy atom. The minimum absolute atomic E-state index is 0.155. The van der Waals surface area contributed by atoms with Crippen molar-refractivity contribution in [3.05, 3.63) is 23.4 Å². The third-order valence-corrected chi connectivity index (χ3v) is 3.07. The molecule has 1 aromatic rings. The van der Waals surface area contributed by atoms with Gasteiger partial charge in [-0.2, -0.15) is 0 Å². The van der Waals surface area contributed by atoms with Gasteiger partial charge in [0.25, 0.3) is 0 Å². The fraction of sp³-hybridized carbons (Fsp3) is 0.455. The van der Waals surface area contributed by atoms with Crippen LogP contribution < -0.4 is 11.1 Å². The summed E-state index contributed by atoms with van der Waals surface area (Å²) in [6.45, 7) is 4.03. The first-order valence-electron chi connectivity index (χ1n) is 5.15. The average molecular weight is 242 g/mol. The first-order valence-corrected chi connectivity index (χ1v) is 5.53. The SMILES string of the molecule is CCC(C)(CN)C(=O)Nc1ncccc1Cl. The highest BCUT2D eigenvalue weighted by atomic mass is 35.5. The van der Waals surface area contributed by atoms with Crippen molar-refractivity contribution in [1.29, 1.82) is 0 Å². The largest absolute Gasteiger partial charge is 0.329 e. The molecule has 0 bridgehead atoms. The summed E-state index contributed by atoms with van der Waals surface area (Å²) in [5.41, 5.74) is 5.01. The lowest BCUT2D eigenvalue weighted by Gasteiger charge is -2.24. The highest BCUT2D eigenvalue weighted by Crippen LogP contribution is 2.24. The Labute approximate surface area is 100 Å². The van der Waals surface area contributed by atoms with E-state index >= 15 is 0 Å². The van der Waals surface area contributed by atoms with E-state index in [1.165, 1.54) is 0 Å². The van der Waals surface area contributed by atoms with Gasteiger partial charge in [0.2, 0.25) is 5.91 Å². The fourth-order valence-corrected chi connectivity index (χ4v) is 1.30. The lowest BCUT2D eigenvalue weighted by molar-refractivity contribution is -0.124. The van der Waals surface area contributed by atoms with Crippen LogP contribution in [0.5, 0.6) is 0 Å². The number of carbonyl (C=O) groups excluding carboxylic acids is 1. The van der Waals surface area contributed by atoms with E-state index in [0.29, 0.717) is 23.8 Å². The van der Waals surface area contributed by atoms with Crippen LogP contribution in [0.1, 0.15) is 20.3 Å². The Bertz CT molecular complexity index is 377. The zero-order valence-corrected chi connectivity index (χ0v) is 10.2. The summed E-state index contributed by atoms with van der Waals surface area (Å²) >= 11 is 5.90. The molecule has 0 radical (unpaired) electrons. The highest BCUT2D eigenvalue weighted by molar-refractivity contribution is 6.33. The van der Waals surface area contributed by atoms with Crippen molar-refractivity contribution in [2.75, 3.05) is 11.9 Å². The highest BCUT2D eigenvalue weighted by Gasteiger charge is 2.30. The molecule has 1 heterocycles. The molecular formula is C11H16ClN3O. The van der Waals surface area contributed by atoms with Crippen LogP contribution in [0, 0.1) is 5.41 Å². The summed E-state index contributed by atoms with van der Waals surface area (Å²) in [4.78, 5) is 16.0. The topological polar surface area (TPSA) is 68.0 Å². The zero-order chi connectivity index (χ0) is 12.2.